The number of hydrogen-bond donors (Lipinski definition) is 1. The monoisotopic (exact) mass is 342 g/mol. The maximum absolute atomic E-state index is 13.8. The third kappa shape index (κ3) is 3.26. The van der Waals surface area contributed by atoms with Crippen molar-refractivity contribution in [3.05, 3.63) is 33.9 Å². The lowest BCUT2D eigenvalue weighted by atomic mass is 10.1. The Kier molecular flexibility index (Phi) is 4.96. The van der Waals surface area contributed by atoms with Crippen molar-refractivity contribution in [2.45, 2.75) is 19.3 Å². The molecule has 0 bridgehead atoms. The van der Waals surface area contributed by atoms with E-state index in [-0.39, 0.29) is 9.90 Å². The first-order valence-electron chi connectivity index (χ1n) is 7.54. The molecule has 22 heavy (non-hydrogen) atoms. The Labute approximate surface area is 137 Å². The van der Waals surface area contributed by atoms with E-state index in [1.165, 1.54) is 41.6 Å². The molecular weight excluding hydrogens is 325 g/mol. The summed E-state index contributed by atoms with van der Waals surface area (Å²) in [5.41, 5.74) is 0. The minimum atomic E-state index is -0.456. The van der Waals surface area contributed by atoms with Crippen molar-refractivity contribution in [2.75, 3.05) is 26.2 Å². The first-order valence-corrected chi connectivity index (χ1v) is 8.73. The van der Waals surface area contributed by atoms with Gasteiger partial charge in [0.25, 0.3) is 0 Å². The van der Waals surface area contributed by atoms with Gasteiger partial charge in [-0.05, 0) is 31.4 Å². The number of likely N-dealkylation sites (tertiary alicyclic amines) is 1. The average molecular weight is 343 g/mol. The topological polar surface area (TPSA) is 30.7 Å². The summed E-state index contributed by atoms with van der Waals surface area (Å²) in [6.45, 7) is 3.49. The van der Waals surface area contributed by atoms with Gasteiger partial charge < -0.3 is 9.64 Å². The highest BCUT2D eigenvalue weighted by Gasteiger charge is 2.21. The number of ether oxygens (including phenoxy) is 1. The van der Waals surface area contributed by atoms with Gasteiger partial charge in [0, 0.05) is 10.1 Å². The first kappa shape index (κ1) is 15.7. The van der Waals surface area contributed by atoms with Crippen molar-refractivity contribution in [3.8, 4) is 0 Å². The quantitative estimate of drug-likeness (QED) is 0.866. The molecule has 0 radical (unpaired) electrons. The maximum atomic E-state index is 13.8. The van der Waals surface area contributed by atoms with Crippen LogP contribution in [0.15, 0.2) is 18.2 Å². The van der Waals surface area contributed by atoms with E-state index in [1.54, 1.807) is 12.1 Å². The highest BCUT2D eigenvalue weighted by Crippen LogP contribution is 2.37. The number of nitrogens with one attached hydrogen (secondary N) is 1. The molecule has 1 saturated heterocycles. The Morgan fingerprint density at radius 1 is 1.32 bits per heavy atom. The molecular formula is C16H18ClFNO2S+. The van der Waals surface area contributed by atoms with Crippen LogP contribution < -0.4 is 4.90 Å². The predicted molar refractivity (Wildman–Crippen MR) is 86.5 cm³/mol. The van der Waals surface area contributed by atoms with Gasteiger partial charge in [-0.3, -0.25) is 0 Å². The van der Waals surface area contributed by atoms with Crippen molar-refractivity contribution in [1.29, 1.82) is 0 Å². The molecule has 0 atom stereocenters. The Hall–Kier alpha value is -1.17. The number of esters is 1. The second kappa shape index (κ2) is 6.94. The third-order valence-electron chi connectivity index (χ3n) is 4.04. The van der Waals surface area contributed by atoms with Gasteiger partial charge in [-0.1, -0.05) is 17.7 Å². The predicted octanol–water partition coefficient (Wildman–Crippen LogP) is 2.92. The van der Waals surface area contributed by atoms with Gasteiger partial charge in [0.2, 0.25) is 0 Å². The SMILES string of the molecule is O=C(OCC[NH+]1CCCCC1)c1sc2cccc(F)c2c1Cl. The molecule has 2 aromatic rings. The fourth-order valence-corrected chi connectivity index (χ4v) is 4.30. The van der Waals surface area contributed by atoms with Gasteiger partial charge in [0.15, 0.2) is 0 Å². The van der Waals surface area contributed by atoms with Gasteiger partial charge in [0.1, 0.15) is 23.8 Å². The highest BCUT2D eigenvalue weighted by molar-refractivity contribution is 7.21. The molecule has 3 nitrogen and oxygen atoms in total. The summed E-state index contributed by atoms with van der Waals surface area (Å²) in [4.78, 5) is 13.9. The number of piperidine rings is 1. The van der Waals surface area contributed by atoms with Crippen LogP contribution in [0.2, 0.25) is 5.02 Å². The van der Waals surface area contributed by atoms with E-state index in [9.17, 15) is 9.18 Å². The zero-order valence-corrected chi connectivity index (χ0v) is 13.7. The summed E-state index contributed by atoms with van der Waals surface area (Å²) in [7, 11) is 0. The van der Waals surface area contributed by atoms with Crippen molar-refractivity contribution >= 4 is 39.0 Å². The number of benzene rings is 1. The summed E-state index contributed by atoms with van der Waals surface area (Å²) < 4.78 is 19.8. The summed E-state index contributed by atoms with van der Waals surface area (Å²) in [6, 6.07) is 4.71. The molecule has 2 heterocycles. The van der Waals surface area contributed by atoms with E-state index in [0.717, 1.165) is 19.6 Å². The van der Waals surface area contributed by atoms with Crippen molar-refractivity contribution in [2.24, 2.45) is 0 Å². The molecule has 1 aliphatic rings. The van der Waals surface area contributed by atoms with E-state index >= 15 is 0 Å². The highest BCUT2D eigenvalue weighted by atomic mass is 35.5. The van der Waals surface area contributed by atoms with E-state index < -0.39 is 11.8 Å². The zero-order chi connectivity index (χ0) is 15.5. The minimum absolute atomic E-state index is 0.161. The van der Waals surface area contributed by atoms with E-state index in [4.69, 9.17) is 16.3 Å². The molecule has 3 rings (SSSR count). The second-order valence-corrected chi connectivity index (χ2v) is 6.98. The van der Waals surface area contributed by atoms with Gasteiger partial charge in [-0.2, -0.15) is 0 Å². The Bertz CT molecular complexity index is 682. The standard InChI is InChI=1S/C16H17ClFNO2S/c17-14-13-11(18)5-4-6-12(13)22-15(14)16(20)21-10-9-19-7-2-1-3-8-19/h4-6H,1-3,7-10H2/p+1. The number of thiophene rings is 1. The molecule has 1 fully saturated rings. The van der Waals surface area contributed by atoms with Crippen LogP contribution in [0.5, 0.6) is 0 Å². The summed E-state index contributed by atoms with van der Waals surface area (Å²) in [6.07, 6.45) is 3.78. The molecule has 1 N–H and O–H groups in total. The lowest BCUT2D eigenvalue weighted by molar-refractivity contribution is -0.905. The molecule has 6 heteroatoms. The summed E-state index contributed by atoms with van der Waals surface area (Å²) in [5.74, 6) is -0.863. The maximum Gasteiger partial charge on any atom is 0.350 e. The molecule has 118 valence electrons. The van der Waals surface area contributed by atoms with E-state index in [0.29, 0.717) is 16.7 Å². The number of carbonyl (C=O) groups excluding carboxylic acids is 1. The van der Waals surface area contributed by atoms with Crippen LogP contribution in [-0.4, -0.2) is 32.2 Å². The Morgan fingerprint density at radius 3 is 2.82 bits per heavy atom. The molecule has 1 aromatic heterocycles. The molecule has 0 unspecified atom stereocenters. The fourth-order valence-electron chi connectivity index (χ4n) is 2.86. The summed E-state index contributed by atoms with van der Waals surface area (Å²) >= 11 is 7.33. The van der Waals surface area contributed by atoms with Crippen molar-refractivity contribution in [1.82, 2.24) is 0 Å². The lowest BCUT2D eigenvalue weighted by Crippen LogP contribution is -3.13. The number of carbonyl (C=O) groups is 1. The van der Waals surface area contributed by atoms with Gasteiger partial charge in [-0.15, -0.1) is 11.3 Å². The summed E-state index contributed by atoms with van der Waals surface area (Å²) in [5, 5.41) is 0.469. The number of fused-ring (bicyclic) bond motifs is 1. The van der Waals surface area contributed by atoms with Crippen LogP contribution in [0.25, 0.3) is 10.1 Å². The number of quaternary nitrogens is 1. The van der Waals surface area contributed by atoms with Crippen molar-refractivity contribution in [3.63, 3.8) is 0 Å². The number of halogens is 2. The molecule has 1 aromatic carbocycles. The van der Waals surface area contributed by atoms with E-state index in [1.807, 2.05) is 0 Å². The normalized spacial score (nSPS) is 16.1. The molecule has 0 saturated carbocycles. The Morgan fingerprint density at radius 2 is 2.09 bits per heavy atom. The zero-order valence-electron chi connectivity index (χ0n) is 12.2. The number of hydrogen-bond acceptors (Lipinski definition) is 3. The van der Waals surface area contributed by atoms with Crippen LogP contribution in [-0.2, 0) is 4.74 Å². The lowest BCUT2D eigenvalue weighted by Gasteiger charge is -2.23. The van der Waals surface area contributed by atoms with Crippen LogP contribution in [0.3, 0.4) is 0 Å². The van der Waals surface area contributed by atoms with Gasteiger partial charge in [0.05, 0.1) is 18.1 Å². The fraction of sp³-hybridized carbons (Fsp3) is 0.438. The van der Waals surface area contributed by atoms with Gasteiger partial charge >= 0.3 is 5.97 Å². The molecule has 0 amide bonds. The largest absolute Gasteiger partial charge is 0.455 e. The minimum Gasteiger partial charge on any atom is -0.455 e. The number of rotatable bonds is 4. The first-order chi connectivity index (χ1) is 10.7. The van der Waals surface area contributed by atoms with E-state index in [2.05, 4.69) is 0 Å². The van der Waals surface area contributed by atoms with Crippen LogP contribution in [0.1, 0.15) is 28.9 Å². The Balaban J connectivity index is 1.65. The van der Waals surface area contributed by atoms with Crippen LogP contribution >= 0.6 is 22.9 Å². The van der Waals surface area contributed by atoms with Gasteiger partial charge in [-0.25, -0.2) is 9.18 Å². The van der Waals surface area contributed by atoms with Crippen LogP contribution in [0.4, 0.5) is 4.39 Å². The molecule has 0 aliphatic carbocycles. The smallest absolute Gasteiger partial charge is 0.350 e. The van der Waals surface area contributed by atoms with Crippen molar-refractivity contribution < 1.29 is 18.8 Å². The second-order valence-electron chi connectivity index (χ2n) is 5.55. The average Bonchev–Trinajstić information content (AvgIpc) is 2.87. The third-order valence-corrected chi connectivity index (χ3v) is 5.67. The molecule has 1 aliphatic heterocycles. The van der Waals surface area contributed by atoms with Crippen LogP contribution in [0, 0.1) is 5.82 Å². The molecule has 0 spiro atoms.